The maximum absolute atomic E-state index is 11.5. The van der Waals surface area contributed by atoms with Gasteiger partial charge >= 0.3 is 0 Å². The van der Waals surface area contributed by atoms with Gasteiger partial charge in [-0.25, -0.2) is 8.42 Å². The molecular weight excluding hydrogens is 190 g/mol. The molecule has 0 radical (unpaired) electrons. The molecule has 74 valence electrons. The van der Waals surface area contributed by atoms with E-state index in [4.69, 9.17) is 5.11 Å². The molecule has 1 fully saturated rings. The third-order valence-corrected chi connectivity index (χ3v) is 4.75. The number of hydrogen-bond donors (Lipinski definition) is 2. The molecule has 0 aromatic carbocycles. The van der Waals surface area contributed by atoms with E-state index in [1.54, 1.807) is 0 Å². The van der Waals surface area contributed by atoms with Gasteiger partial charge in [0.05, 0.1) is 5.25 Å². The van der Waals surface area contributed by atoms with Crippen molar-refractivity contribution in [3.8, 4) is 0 Å². The summed E-state index contributed by atoms with van der Waals surface area (Å²) in [6.45, 7) is -0.500. The van der Waals surface area contributed by atoms with Crippen molar-refractivity contribution in [3.05, 3.63) is 12.2 Å². The fraction of sp³-hybridized carbons (Fsp3) is 0.750. The summed E-state index contributed by atoms with van der Waals surface area (Å²) >= 11 is 0. The summed E-state index contributed by atoms with van der Waals surface area (Å²) < 4.78 is 25.2. The second-order valence-corrected chi connectivity index (χ2v) is 5.65. The van der Waals surface area contributed by atoms with E-state index in [1.165, 1.54) is 0 Å². The molecule has 2 bridgehead atoms. The fourth-order valence-electron chi connectivity index (χ4n) is 2.28. The predicted molar refractivity (Wildman–Crippen MR) is 48.3 cm³/mol. The lowest BCUT2D eigenvalue weighted by Gasteiger charge is -2.17. The first-order valence-corrected chi connectivity index (χ1v) is 5.96. The van der Waals surface area contributed by atoms with E-state index < -0.39 is 16.8 Å². The summed E-state index contributed by atoms with van der Waals surface area (Å²) in [5, 5.41) is 8.20. The molecule has 0 aliphatic heterocycles. The van der Waals surface area contributed by atoms with E-state index in [1.807, 2.05) is 6.08 Å². The van der Waals surface area contributed by atoms with Gasteiger partial charge in [0.25, 0.3) is 0 Å². The Labute approximate surface area is 77.7 Å². The normalized spacial score (nSPS) is 37.2. The first kappa shape index (κ1) is 9.18. The molecule has 2 aliphatic carbocycles. The van der Waals surface area contributed by atoms with Crippen LogP contribution in [0.1, 0.15) is 12.8 Å². The second kappa shape index (κ2) is 3.08. The van der Waals surface area contributed by atoms with Crippen LogP contribution in [-0.2, 0) is 10.0 Å². The first-order chi connectivity index (χ1) is 6.13. The maximum atomic E-state index is 11.5. The Kier molecular flexibility index (Phi) is 2.17. The zero-order valence-electron chi connectivity index (χ0n) is 7.18. The van der Waals surface area contributed by atoms with Crippen LogP contribution < -0.4 is 4.72 Å². The molecule has 3 unspecified atom stereocenters. The van der Waals surface area contributed by atoms with Crippen LogP contribution in [0.2, 0.25) is 0 Å². The van der Waals surface area contributed by atoms with Crippen LogP contribution >= 0.6 is 0 Å². The van der Waals surface area contributed by atoms with Gasteiger partial charge in [-0.05, 0) is 24.7 Å². The van der Waals surface area contributed by atoms with E-state index in [0.29, 0.717) is 12.3 Å². The molecule has 2 N–H and O–H groups in total. The summed E-state index contributed by atoms with van der Waals surface area (Å²) in [6, 6.07) is 0. The highest BCUT2D eigenvalue weighted by Gasteiger charge is 2.42. The first-order valence-electron chi connectivity index (χ1n) is 4.41. The van der Waals surface area contributed by atoms with Gasteiger partial charge in [0, 0.05) is 0 Å². The molecule has 2 aliphatic rings. The Morgan fingerprint density at radius 1 is 1.38 bits per heavy atom. The molecule has 13 heavy (non-hydrogen) atoms. The molecule has 0 aromatic heterocycles. The zero-order valence-corrected chi connectivity index (χ0v) is 8.00. The molecule has 0 aromatic rings. The molecule has 1 saturated carbocycles. The Morgan fingerprint density at radius 3 is 2.62 bits per heavy atom. The third kappa shape index (κ3) is 1.51. The van der Waals surface area contributed by atoms with Crippen molar-refractivity contribution in [1.29, 1.82) is 0 Å². The summed E-state index contributed by atoms with van der Waals surface area (Å²) in [5.41, 5.74) is 0. The molecular formula is C8H13NO3S. The maximum Gasteiger partial charge on any atom is 0.216 e. The van der Waals surface area contributed by atoms with Crippen molar-refractivity contribution in [2.24, 2.45) is 11.8 Å². The van der Waals surface area contributed by atoms with E-state index >= 15 is 0 Å². The lowest BCUT2D eigenvalue weighted by Crippen LogP contribution is -2.37. The number of sulfonamides is 1. The number of fused-ring (bicyclic) bond motifs is 2. The highest BCUT2D eigenvalue weighted by atomic mass is 32.2. The Balaban J connectivity index is 2.15. The Bertz CT molecular complexity index is 322. The largest absolute Gasteiger partial charge is 0.380 e. The number of nitrogens with one attached hydrogen (secondary N) is 1. The number of allylic oxidation sites excluding steroid dienone is 2. The molecule has 0 spiro atoms. The summed E-state index contributed by atoms with van der Waals surface area (Å²) in [7, 11) is -3.29. The van der Waals surface area contributed by atoms with Gasteiger partial charge in [-0.1, -0.05) is 12.2 Å². The third-order valence-electron chi connectivity index (χ3n) is 2.88. The van der Waals surface area contributed by atoms with Crippen LogP contribution in [0, 0.1) is 11.8 Å². The Hall–Kier alpha value is -0.390. The summed E-state index contributed by atoms with van der Waals surface area (Å²) in [4.78, 5) is 0. The standard InChI is InChI=1S/C8H13NO3S/c10-5-9-13(11,12)8-4-6-1-2-7(8)3-6/h1-2,6-10H,3-5H2. The molecule has 2 rings (SSSR count). The van der Waals surface area contributed by atoms with Crippen LogP contribution in [0.25, 0.3) is 0 Å². The summed E-state index contributed by atoms with van der Waals surface area (Å²) in [6.07, 6.45) is 5.73. The molecule has 0 amide bonds. The van der Waals surface area contributed by atoms with Gasteiger partial charge in [-0.2, -0.15) is 4.72 Å². The smallest absolute Gasteiger partial charge is 0.216 e. The van der Waals surface area contributed by atoms with Crippen molar-refractivity contribution in [2.45, 2.75) is 18.1 Å². The van der Waals surface area contributed by atoms with Crippen molar-refractivity contribution in [2.75, 3.05) is 6.73 Å². The molecule has 0 saturated heterocycles. The van der Waals surface area contributed by atoms with Crippen LogP contribution in [0.5, 0.6) is 0 Å². The minimum Gasteiger partial charge on any atom is -0.380 e. The van der Waals surface area contributed by atoms with Crippen LogP contribution in [-0.4, -0.2) is 25.5 Å². The number of aliphatic hydroxyl groups is 1. The van der Waals surface area contributed by atoms with E-state index in [2.05, 4.69) is 10.8 Å². The average Bonchev–Trinajstić information content (AvgIpc) is 2.63. The minimum atomic E-state index is -3.29. The Morgan fingerprint density at radius 2 is 2.15 bits per heavy atom. The summed E-state index contributed by atoms with van der Waals surface area (Å²) in [5.74, 6) is 0.597. The number of rotatable bonds is 3. The van der Waals surface area contributed by atoms with Gasteiger partial charge in [0.2, 0.25) is 10.0 Å². The fourth-order valence-corrected chi connectivity index (χ4v) is 3.84. The molecule has 3 atom stereocenters. The van der Waals surface area contributed by atoms with Gasteiger partial charge in [-0.15, -0.1) is 0 Å². The van der Waals surface area contributed by atoms with E-state index in [9.17, 15) is 8.42 Å². The van der Waals surface area contributed by atoms with Gasteiger partial charge in [0.1, 0.15) is 6.73 Å². The minimum absolute atomic E-state index is 0.161. The van der Waals surface area contributed by atoms with Gasteiger partial charge < -0.3 is 5.11 Å². The predicted octanol–water partition coefficient (Wildman–Crippen LogP) is -0.180. The zero-order chi connectivity index (χ0) is 9.47. The SMILES string of the molecule is O=S(=O)(NCO)C1CC2C=CC1C2. The average molecular weight is 203 g/mol. The van der Waals surface area contributed by atoms with Crippen molar-refractivity contribution >= 4 is 10.0 Å². The van der Waals surface area contributed by atoms with E-state index in [0.717, 1.165) is 6.42 Å². The van der Waals surface area contributed by atoms with Crippen molar-refractivity contribution < 1.29 is 13.5 Å². The second-order valence-electron chi connectivity index (χ2n) is 3.67. The monoisotopic (exact) mass is 203 g/mol. The van der Waals surface area contributed by atoms with Crippen LogP contribution in [0.3, 0.4) is 0 Å². The van der Waals surface area contributed by atoms with E-state index in [-0.39, 0.29) is 11.2 Å². The number of hydrogen-bond acceptors (Lipinski definition) is 3. The topological polar surface area (TPSA) is 66.4 Å². The van der Waals surface area contributed by atoms with Gasteiger partial charge in [0.15, 0.2) is 0 Å². The highest BCUT2D eigenvalue weighted by molar-refractivity contribution is 7.90. The van der Waals surface area contributed by atoms with Crippen molar-refractivity contribution in [3.63, 3.8) is 0 Å². The molecule has 5 heteroatoms. The highest BCUT2D eigenvalue weighted by Crippen LogP contribution is 2.42. The van der Waals surface area contributed by atoms with Gasteiger partial charge in [-0.3, -0.25) is 0 Å². The number of aliphatic hydroxyl groups excluding tert-OH is 1. The van der Waals surface area contributed by atoms with Crippen molar-refractivity contribution in [1.82, 2.24) is 4.72 Å². The van der Waals surface area contributed by atoms with Crippen LogP contribution in [0.4, 0.5) is 0 Å². The quantitative estimate of drug-likeness (QED) is 0.494. The molecule has 4 nitrogen and oxygen atoms in total. The van der Waals surface area contributed by atoms with Crippen LogP contribution in [0.15, 0.2) is 12.2 Å². The lowest BCUT2D eigenvalue weighted by molar-refractivity contribution is 0.287. The lowest BCUT2D eigenvalue weighted by atomic mass is 10.1. The molecule has 0 heterocycles.